The molecule has 0 N–H and O–H groups in total. The Morgan fingerprint density at radius 1 is 1.13 bits per heavy atom. The molecule has 1 aromatic carbocycles. The molecule has 0 unspecified atom stereocenters. The molecule has 0 atom stereocenters. The summed E-state index contributed by atoms with van der Waals surface area (Å²) in [6, 6.07) is 8.65. The van der Waals surface area contributed by atoms with Crippen molar-refractivity contribution < 1.29 is 0 Å². The maximum Gasteiger partial charge on any atom is 0.0345 e. The van der Waals surface area contributed by atoms with Crippen LogP contribution in [-0.4, -0.2) is 10.7 Å². The molecular formula is C12H12Br2S. The smallest absolute Gasteiger partial charge is 0.0345 e. The Bertz CT molecular complexity index is 432. The zero-order valence-corrected chi connectivity index (χ0v) is 12.2. The molecule has 0 fully saturated rings. The van der Waals surface area contributed by atoms with Crippen molar-refractivity contribution in [2.75, 3.05) is 10.7 Å². The number of hydrogen-bond donors (Lipinski definition) is 0. The van der Waals surface area contributed by atoms with E-state index in [1.54, 1.807) is 0 Å². The van der Waals surface area contributed by atoms with Gasteiger partial charge in [0.1, 0.15) is 0 Å². The minimum atomic E-state index is 0.683. The van der Waals surface area contributed by atoms with Gasteiger partial charge in [0.2, 0.25) is 0 Å². The number of benzene rings is 1. The largest absolute Gasteiger partial charge is 0.144 e. The van der Waals surface area contributed by atoms with E-state index in [4.69, 9.17) is 0 Å². The van der Waals surface area contributed by atoms with Crippen LogP contribution in [0.4, 0.5) is 0 Å². The van der Waals surface area contributed by atoms with E-state index >= 15 is 0 Å². The summed E-state index contributed by atoms with van der Waals surface area (Å²) in [4.78, 5) is 0. The van der Waals surface area contributed by atoms with Gasteiger partial charge >= 0.3 is 0 Å². The molecule has 1 aromatic heterocycles. The van der Waals surface area contributed by atoms with Crippen LogP contribution in [0.5, 0.6) is 0 Å². The summed E-state index contributed by atoms with van der Waals surface area (Å²) < 4.78 is 1.40. The molecule has 0 aliphatic heterocycles. The summed E-state index contributed by atoms with van der Waals surface area (Å²) in [5, 5.41) is 5.84. The van der Waals surface area contributed by atoms with Crippen LogP contribution in [0.3, 0.4) is 0 Å². The van der Waals surface area contributed by atoms with E-state index in [-0.39, 0.29) is 0 Å². The van der Waals surface area contributed by atoms with E-state index in [9.17, 15) is 0 Å². The predicted molar refractivity (Wildman–Crippen MR) is 76.6 cm³/mol. The van der Waals surface area contributed by atoms with E-state index in [2.05, 4.69) is 61.5 Å². The Morgan fingerprint density at radius 2 is 1.87 bits per heavy atom. The van der Waals surface area contributed by atoms with Gasteiger partial charge in [0, 0.05) is 15.4 Å². The normalized spacial score (nSPS) is 11.4. The number of fused-ring (bicyclic) bond motifs is 1. The SMILES string of the molecule is BrCC(CBr)Cc1csc2ccccc12. The topological polar surface area (TPSA) is 0 Å². The number of rotatable bonds is 4. The first-order valence-electron chi connectivity index (χ1n) is 4.92. The fourth-order valence-electron chi connectivity index (χ4n) is 1.65. The maximum absolute atomic E-state index is 3.56. The van der Waals surface area contributed by atoms with Crippen LogP contribution in [0.15, 0.2) is 29.6 Å². The van der Waals surface area contributed by atoms with E-state index in [1.807, 2.05) is 11.3 Å². The van der Waals surface area contributed by atoms with Gasteiger partial charge in [0.25, 0.3) is 0 Å². The highest BCUT2D eigenvalue weighted by Crippen LogP contribution is 2.28. The van der Waals surface area contributed by atoms with E-state index in [0.717, 1.165) is 17.1 Å². The van der Waals surface area contributed by atoms with E-state index in [1.165, 1.54) is 15.6 Å². The van der Waals surface area contributed by atoms with Gasteiger partial charge in [0.05, 0.1) is 0 Å². The molecule has 0 aliphatic carbocycles. The van der Waals surface area contributed by atoms with Crippen molar-refractivity contribution in [3.63, 3.8) is 0 Å². The molecule has 1 heterocycles. The van der Waals surface area contributed by atoms with Crippen molar-refractivity contribution >= 4 is 53.3 Å². The third kappa shape index (κ3) is 2.63. The van der Waals surface area contributed by atoms with Crippen LogP contribution in [0.2, 0.25) is 0 Å². The van der Waals surface area contributed by atoms with Crippen molar-refractivity contribution in [3.05, 3.63) is 35.2 Å². The van der Waals surface area contributed by atoms with E-state index < -0.39 is 0 Å². The molecule has 0 spiro atoms. The lowest BCUT2D eigenvalue weighted by Gasteiger charge is -2.09. The van der Waals surface area contributed by atoms with Gasteiger partial charge in [0.15, 0.2) is 0 Å². The maximum atomic E-state index is 3.56. The van der Waals surface area contributed by atoms with Gasteiger partial charge < -0.3 is 0 Å². The molecule has 0 saturated heterocycles. The van der Waals surface area contributed by atoms with Gasteiger partial charge in [-0.25, -0.2) is 0 Å². The number of hydrogen-bond acceptors (Lipinski definition) is 1. The van der Waals surface area contributed by atoms with Gasteiger partial charge in [-0.3, -0.25) is 0 Å². The highest BCUT2D eigenvalue weighted by Gasteiger charge is 2.10. The van der Waals surface area contributed by atoms with Gasteiger partial charge in [-0.2, -0.15) is 0 Å². The Labute approximate surface area is 111 Å². The average molecular weight is 348 g/mol. The molecule has 0 amide bonds. The third-order valence-electron chi connectivity index (χ3n) is 2.51. The first kappa shape index (κ1) is 11.6. The summed E-state index contributed by atoms with van der Waals surface area (Å²) >= 11 is 8.96. The number of halogens is 2. The molecule has 15 heavy (non-hydrogen) atoms. The molecule has 3 heteroatoms. The first-order chi connectivity index (χ1) is 7.35. The van der Waals surface area contributed by atoms with Gasteiger partial charge in [-0.05, 0) is 34.7 Å². The summed E-state index contributed by atoms with van der Waals surface area (Å²) in [6.07, 6.45) is 1.15. The molecule has 0 saturated carbocycles. The minimum absolute atomic E-state index is 0.683. The zero-order chi connectivity index (χ0) is 10.7. The lowest BCUT2D eigenvalue weighted by atomic mass is 10.0. The molecule has 2 rings (SSSR count). The van der Waals surface area contributed by atoms with Crippen LogP contribution in [-0.2, 0) is 6.42 Å². The minimum Gasteiger partial charge on any atom is -0.144 e. The summed E-state index contributed by atoms with van der Waals surface area (Å²) in [5.74, 6) is 0.683. The van der Waals surface area contributed by atoms with E-state index in [0.29, 0.717) is 5.92 Å². The Hall–Kier alpha value is 0.140. The molecule has 0 bridgehead atoms. The van der Waals surface area contributed by atoms with Crippen molar-refractivity contribution in [3.8, 4) is 0 Å². The fraction of sp³-hybridized carbons (Fsp3) is 0.333. The predicted octanol–water partition coefficient (Wildman–Crippen LogP) is 4.85. The Kier molecular flexibility index (Phi) is 4.23. The molecule has 2 aromatic rings. The van der Waals surface area contributed by atoms with Crippen LogP contribution in [0, 0.1) is 5.92 Å². The zero-order valence-electron chi connectivity index (χ0n) is 8.25. The average Bonchev–Trinajstić information content (AvgIpc) is 2.69. The molecule has 0 radical (unpaired) electrons. The molecular weight excluding hydrogens is 336 g/mol. The molecule has 0 aliphatic rings. The molecule has 0 nitrogen and oxygen atoms in total. The van der Waals surface area contributed by atoms with Crippen molar-refractivity contribution in [2.24, 2.45) is 5.92 Å². The van der Waals surface area contributed by atoms with Crippen molar-refractivity contribution in [1.29, 1.82) is 0 Å². The molecule has 80 valence electrons. The highest BCUT2D eigenvalue weighted by atomic mass is 79.9. The monoisotopic (exact) mass is 346 g/mol. The Balaban J connectivity index is 2.28. The van der Waals surface area contributed by atoms with Crippen LogP contribution >= 0.6 is 43.2 Å². The van der Waals surface area contributed by atoms with Crippen LogP contribution in [0.25, 0.3) is 10.1 Å². The van der Waals surface area contributed by atoms with Crippen molar-refractivity contribution in [1.82, 2.24) is 0 Å². The number of alkyl halides is 2. The van der Waals surface area contributed by atoms with Crippen molar-refractivity contribution in [2.45, 2.75) is 6.42 Å². The van der Waals surface area contributed by atoms with Gasteiger partial charge in [-0.15, -0.1) is 11.3 Å². The van der Waals surface area contributed by atoms with Crippen LogP contribution in [0.1, 0.15) is 5.56 Å². The summed E-state index contributed by atoms with van der Waals surface area (Å²) in [5.41, 5.74) is 1.49. The Morgan fingerprint density at radius 3 is 2.60 bits per heavy atom. The lowest BCUT2D eigenvalue weighted by molar-refractivity contribution is 0.684. The summed E-state index contributed by atoms with van der Waals surface area (Å²) in [7, 11) is 0. The number of thiophene rings is 1. The summed E-state index contributed by atoms with van der Waals surface area (Å²) in [6.45, 7) is 0. The second-order valence-corrected chi connectivity index (χ2v) is 5.84. The first-order valence-corrected chi connectivity index (χ1v) is 8.04. The third-order valence-corrected chi connectivity index (χ3v) is 5.35. The van der Waals surface area contributed by atoms with Crippen LogP contribution < -0.4 is 0 Å². The second kappa shape index (κ2) is 5.46. The van der Waals surface area contributed by atoms with Gasteiger partial charge in [-0.1, -0.05) is 50.1 Å². The fourth-order valence-corrected chi connectivity index (χ4v) is 4.16. The standard InChI is InChI=1S/C12H12Br2S/c13-6-9(7-14)5-10-8-15-12-4-2-1-3-11(10)12/h1-4,8-9H,5-7H2. The lowest BCUT2D eigenvalue weighted by Crippen LogP contribution is -2.06. The highest BCUT2D eigenvalue weighted by molar-refractivity contribution is 9.09. The quantitative estimate of drug-likeness (QED) is 0.693. The second-order valence-electron chi connectivity index (χ2n) is 3.64.